The van der Waals surface area contributed by atoms with Gasteiger partial charge >= 0.3 is 0 Å². The third kappa shape index (κ3) is 5.97. The van der Waals surface area contributed by atoms with E-state index in [1.165, 1.54) is 0 Å². The third-order valence-corrected chi connectivity index (χ3v) is 5.71. The van der Waals surface area contributed by atoms with Gasteiger partial charge in [0.25, 0.3) is 5.92 Å². The standard InChI is InChI=1S/C24H35F2N3/c1-8-14-29(16(2)3)20(7)17(4)18(5)28-19(6)22-10-9-13-27-23(22)12-11-21-15-24(21,25)26/h9-10,13,16,21H,7-8,11-12,14-15H2,1-6H3/b18-17+,28-19+. The molecule has 0 amide bonds. The van der Waals surface area contributed by atoms with Crippen LogP contribution in [0.4, 0.5) is 8.78 Å². The molecular weight excluding hydrogens is 368 g/mol. The van der Waals surface area contributed by atoms with E-state index in [1.54, 1.807) is 6.20 Å². The minimum absolute atomic E-state index is 0.00943. The molecule has 0 saturated heterocycles. The van der Waals surface area contributed by atoms with Crippen molar-refractivity contribution >= 4 is 5.71 Å². The highest BCUT2D eigenvalue weighted by atomic mass is 19.3. The fourth-order valence-corrected chi connectivity index (χ4v) is 3.63. The van der Waals surface area contributed by atoms with Gasteiger partial charge in [0.1, 0.15) is 0 Å². The number of rotatable bonds is 10. The monoisotopic (exact) mass is 403 g/mol. The quantitative estimate of drug-likeness (QED) is 0.334. The van der Waals surface area contributed by atoms with E-state index in [1.807, 2.05) is 26.0 Å². The molecule has 2 rings (SSSR count). The summed E-state index contributed by atoms with van der Waals surface area (Å²) < 4.78 is 26.4. The van der Waals surface area contributed by atoms with Crippen LogP contribution >= 0.6 is 0 Å². The van der Waals surface area contributed by atoms with E-state index in [0.717, 1.165) is 46.9 Å². The summed E-state index contributed by atoms with van der Waals surface area (Å²) in [5, 5.41) is 0. The molecule has 3 nitrogen and oxygen atoms in total. The van der Waals surface area contributed by atoms with Crippen molar-refractivity contribution in [2.45, 2.75) is 79.2 Å². The molecule has 29 heavy (non-hydrogen) atoms. The molecule has 1 unspecified atom stereocenters. The van der Waals surface area contributed by atoms with Gasteiger partial charge in [0.15, 0.2) is 0 Å². The fourth-order valence-electron chi connectivity index (χ4n) is 3.63. The van der Waals surface area contributed by atoms with Crippen LogP contribution in [0.25, 0.3) is 0 Å². The van der Waals surface area contributed by atoms with Gasteiger partial charge in [-0.15, -0.1) is 0 Å². The number of allylic oxidation sites excluding steroid dienone is 2. The predicted molar refractivity (Wildman–Crippen MR) is 117 cm³/mol. The molecule has 0 N–H and O–H groups in total. The van der Waals surface area contributed by atoms with Crippen LogP contribution in [0.5, 0.6) is 0 Å². The van der Waals surface area contributed by atoms with Crippen molar-refractivity contribution < 1.29 is 8.78 Å². The lowest BCUT2D eigenvalue weighted by molar-refractivity contribution is 0.0971. The van der Waals surface area contributed by atoms with Gasteiger partial charge in [0.05, 0.1) is 0 Å². The highest BCUT2D eigenvalue weighted by molar-refractivity contribution is 6.00. The highest BCUT2D eigenvalue weighted by Gasteiger charge is 2.55. The SMILES string of the molecule is C=C(/C(C)=C(C)/N=C(\C)c1cccnc1CCC1CC1(F)F)N(CCC)C(C)C. The molecule has 1 aromatic rings. The molecule has 0 spiro atoms. The maximum atomic E-state index is 13.2. The van der Waals surface area contributed by atoms with Gasteiger partial charge in [-0.2, -0.15) is 0 Å². The van der Waals surface area contributed by atoms with Gasteiger partial charge in [0.2, 0.25) is 0 Å². The van der Waals surface area contributed by atoms with Crippen LogP contribution in [-0.2, 0) is 6.42 Å². The van der Waals surface area contributed by atoms with Crippen LogP contribution < -0.4 is 0 Å². The Bertz CT molecular complexity index is 793. The van der Waals surface area contributed by atoms with E-state index in [2.05, 4.69) is 44.2 Å². The maximum absolute atomic E-state index is 13.2. The molecule has 0 bridgehead atoms. The average Bonchev–Trinajstić information content (AvgIpc) is 3.29. The summed E-state index contributed by atoms with van der Waals surface area (Å²) >= 11 is 0. The fraction of sp³-hybridized carbons (Fsp3) is 0.583. The Morgan fingerprint density at radius 1 is 1.34 bits per heavy atom. The minimum Gasteiger partial charge on any atom is -0.369 e. The Kier molecular flexibility index (Phi) is 7.73. The van der Waals surface area contributed by atoms with Crippen molar-refractivity contribution in [1.82, 2.24) is 9.88 Å². The lowest BCUT2D eigenvalue weighted by Gasteiger charge is -2.31. The van der Waals surface area contributed by atoms with Gasteiger partial charge in [-0.05, 0) is 71.6 Å². The van der Waals surface area contributed by atoms with Gasteiger partial charge in [-0.25, -0.2) is 8.78 Å². The molecule has 1 aliphatic rings. The van der Waals surface area contributed by atoms with Crippen molar-refractivity contribution in [3.8, 4) is 0 Å². The maximum Gasteiger partial charge on any atom is 0.251 e. The summed E-state index contributed by atoms with van der Waals surface area (Å²) in [6.45, 7) is 17.8. The number of halogens is 2. The molecule has 160 valence electrons. The number of alkyl halides is 2. The second-order valence-electron chi connectivity index (χ2n) is 8.34. The van der Waals surface area contributed by atoms with Gasteiger partial charge in [-0.3, -0.25) is 9.98 Å². The lowest BCUT2D eigenvalue weighted by Crippen LogP contribution is -2.31. The topological polar surface area (TPSA) is 28.5 Å². The van der Waals surface area contributed by atoms with Crippen LogP contribution in [-0.4, -0.2) is 34.1 Å². The van der Waals surface area contributed by atoms with Crippen LogP contribution in [0, 0.1) is 5.92 Å². The molecular formula is C24H35F2N3. The summed E-state index contributed by atoms with van der Waals surface area (Å²) in [5.74, 6) is -2.97. The van der Waals surface area contributed by atoms with Crippen LogP contribution in [0.2, 0.25) is 0 Å². The Balaban J connectivity index is 2.21. The summed E-state index contributed by atoms with van der Waals surface area (Å²) in [5.41, 5.74) is 5.61. The molecule has 1 saturated carbocycles. The number of pyridine rings is 1. The Labute approximate surface area is 174 Å². The lowest BCUT2D eigenvalue weighted by atomic mass is 10.0. The van der Waals surface area contributed by atoms with Crippen molar-refractivity contribution in [3.05, 3.63) is 53.1 Å². The molecule has 5 heteroatoms. The van der Waals surface area contributed by atoms with Crippen LogP contribution in [0.1, 0.15) is 72.1 Å². The zero-order valence-electron chi connectivity index (χ0n) is 18.7. The second kappa shape index (κ2) is 9.64. The largest absolute Gasteiger partial charge is 0.369 e. The molecule has 1 atom stereocenters. The molecule has 0 aromatic carbocycles. The molecule has 0 radical (unpaired) electrons. The van der Waals surface area contributed by atoms with Gasteiger partial charge in [0, 0.05) is 59.5 Å². The highest BCUT2D eigenvalue weighted by Crippen LogP contribution is 2.51. The summed E-state index contributed by atoms with van der Waals surface area (Å²) in [7, 11) is 0. The second-order valence-corrected chi connectivity index (χ2v) is 8.34. The number of aromatic nitrogens is 1. The molecule has 1 aromatic heterocycles. The minimum atomic E-state index is -2.48. The van der Waals surface area contributed by atoms with Crippen molar-refractivity contribution in [1.29, 1.82) is 0 Å². The summed E-state index contributed by atoms with van der Waals surface area (Å²) in [4.78, 5) is 11.6. The van der Waals surface area contributed by atoms with Crippen molar-refractivity contribution in [2.75, 3.05) is 6.54 Å². The molecule has 1 aliphatic carbocycles. The zero-order chi connectivity index (χ0) is 21.8. The first-order chi connectivity index (χ1) is 13.6. The summed E-state index contributed by atoms with van der Waals surface area (Å²) in [6.07, 6.45) is 3.81. The zero-order valence-corrected chi connectivity index (χ0v) is 18.7. The van der Waals surface area contributed by atoms with Gasteiger partial charge in [-0.1, -0.05) is 13.5 Å². The van der Waals surface area contributed by atoms with E-state index in [-0.39, 0.29) is 6.42 Å². The van der Waals surface area contributed by atoms with Crippen LogP contribution in [0.15, 0.2) is 46.9 Å². The smallest absolute Gasteiger partial charge is 0.251 e. The third-order valence-electron chi connectivity index (χ3n) is 5.71. The Hall–Kier alpha value is -2.04. The molecule has 0 aliphatic heterocycles. The van der Waals surface area contributed by atoms with Gasteiger partial charge < -0.3 is 4.90 Å². The Morgan fingerprint density at radius 3 is 2.55 bits per heavy atom. The van der Waals surface area contributed by atoms with E-state index < -0.39 is 11.8 Å². The van der Waals surface area contributed by atoms with E-state index in [4.69, 9.17) is 4.99 Å². The normalized spacial score (nSPS) is 19.2. The van der Waals surface area contributed by atoms with Crippen molar-refractivity contribution in [2.24, 2.45) is 10.9 Å². The molecule has 1 fully saturated rings. The first-order valence-corrected chi connectivity index (χ1v) is 10.6. The number of hydrogen-bond acceptors (Lipinski definition) is 3. The number of nitrogens with zero attached hydrogens (tertiary/aromatic N) is 3. The van der Waals surface area contributed by atoms with E-state index in [0.29, 0.717) is 18.9 Å². The average molecular weight is 404 g/mol. The number of aliphatic imine (C=N–C) groups is 1. The molecule has 1 heterocycles. The first kappa shape index (κ1) is 23.2. The Morgan fingerprint density at radius 2 is 2.00 bits per heavy atom. The summed E-state index contributed by atoms with van der Waals surface area (Å²) in [6, 6.07) is 4.22. The van der Waals surface area contributed by atoms with E-state index >= 15 is 0 Å². The number of aryl methyl sites for hydroxylation is 1. The first-order valence-electron chi connectivity index (χ1n) is 10.6. The van der Waals surface area contributed by atoms with Crippen LogP contribution in [0.3, 0.4) is 0 Å². The predicted octanol–water partition coefficient (Wildman–Crippen LogP) is 6.41. The number of hydrogen-bond donors (Lipinski definition) is 0. The van der Waals surface area contributed by atoms with Crippen molar-refractivity contribution in [3.63, 3.8) is 0 Å². The van der Waals surface area contributed by atoms with E-state index in [9.17, 15) is 8.78 Å².